The minimum absolute atomic E-state index is 1.27. The van der Waals surface area contributed by atoms with Crippen molar-refractivity contribution >= 4 is 11.8 Å². The summed E-state index contributed by atoms with van der Waals surface area (Å²) in [4.78, 5) is 1.30. The molecule has 0 bridgehead atoms. The van der Waals surface area contributed by atoms with Gasteiger partial charge in [0.05, 0.1) is 0 Å². The van der Waals surface area contributed by atoms with Crippen LogP contribution in [0.3, 0.4) is 0 Å². The van der Waals surface area contributed by atoms with E-state index in [0.717, 1.165) is 0 Å². The van der Waals surface area contributed by atoms with Gasteiger partial charge in [-0.2, -0.15) is 0 Å². The molecule has 0 aliphatic rings. The molecule has 104 valence electrons. The third-order valence-corrected chi connectivity index (χ3v) is 4.40. The van der Waals surface area contributed by atoms with Crippen LogP contribution in [0.4, 0.5) is 0 Å². The molecule has 0 aliphatic heterocycles. The van der Waals surface area contributed by atoms with E-state index in [4.69, 9.17) is 0 Å². The summed E-state index contributed by atoms with van der Waals surface area (Å²) in [6.45, 7) is 2.15. The van der Waals surface area contributed by atoms with Crippen LogP contribution >= 0.6 is 11.8 Å². The van der Waals surface area contributed by atoms with Crippen LogP contribution in [0.25, 0.3) is 22.3 Å². The lowest BCUT2D eigenvalue weighted by atomic mass is 9.93. The van der Waals surface area contributed by atoms with Crippen LogP contribution in [0.1, 0.15) is 5.56 Å². The van der Waals surface area contributed by atoms with E-state index in [-0.39, 0.29) is 0 Å². The van der Waals surface area contributed by atoms with E-state index in [1.165, 1.54) is 32.7 Å². The molecule has 3 aromatic rings. The second kappa shape index (κ2) is 6.19. The molecule has 0 atom stereocenters. The van der Waals surface area contributed by atoms with Crippen molar-refractivity contribution in [1.29, 1.82) is 0 Å². The number of hydrogen-bond acceptors (Lipinski definition) is 1. The summed E-state index contributed by atoms with van der Waals surface area (Å²) in [7, 11) is 0. The van der Waals surface area contributed by atoms with E-state index in [1.54, 1.807) is 11.8 Å². The van der Waals surface area contributed by atoms with Gasteiger partial charge in [-0.05, 0) is 47.6 Å². The molecule has 0 radical (unpaired) electrons. The number of aryl methyl sites for hydroxylation is 1. The highest BCUT2D eigenvalue weighted by Gasteiger charge is 2.07. The molecular formula is C20H18S. The Morgan fingerprint density at radius 1 is 0.667 bits per heavy atom. The van der Waals surface area contributed by atoms with Gasteiger partial charge in [0.25, 0.3) is 0 Å². The van der Waals surface area contributed by atoms with E-state index in [1.807, 2.05) is 0 Å². The van der Waals surface area contributed by atoms with Crippen molar-refractivity contribution < 1.29 is 0 Å². The second-order valence-electron chi connectivity index (χ2n) is 5.14. The quantitative estimate of drug-likeness (QED) is 0.529. The van der Waals surface area contributed by atoms with E-state index in [0.29, 0.717) is 0 Å². The Morgan fingerprint density at radius 2 is 1.33 bits per heavy atom. The molecule has 0 N–H and O–H groups in total. The largest absolute Gasteiger partial charge is 0.130 e. The Bertz CT molecular complexity index is 728. The van der Waals surface area contributed by atoms with Crippen LogP contribution in [0.5, 0.6) is 0 Å². The molecule has 3 aromatic carbocycles. The number of thioether (sulfide) groups is 1. The van der Waals surface area contributed by atoms with Gasteiger partial charge in [0, 0.05) is 4.90 Å². The van der Waals surface area contributed by atoms with E-state index < -0.39 is 0 Å². The zero-order valence-corrected chi connectivity index (χ0v) is 13.2. The van der Waals surface area contributed by atoms with Crippen molar-refractivity contribution in [2.75, 3.05) is 6.26 Å². The van der Waals surface area contributed by atoms with Gasteiger partial charge < -0.3 is 0 Å². The van der Waals surface area contributed by atoms with Crippen molar-refractivity contribution in [2.45, 2.75) is 11.8 Å². The third-order valence-electron chi connectivity index (χ3n) is 3.66. The van der Waals surface area contributed by atoms with Crippen LogP contribution in [0, 0.1) is 6.92 Å². The maximum absolute atomic E-state index is 2.27. The van der Waals surface area contributed by atoms with Gasteiger partial charge in [0.2, 0.25) is 0 Å². The van der Waals surface area contributed by atoms with E-state index in [2.05, 4.69) is 86.0 Å². The predicted molar refractivity (Wildman–Crippen MR) is 93.8 cm³/mol. The summed E-state index contributed by atoms with van der Waals surface area (Å²) < 4.78 is 0. The molecule has 0 saturated heterocycles. The van der Waals surface area contributed by atoms with Crippen molar-refractivity contribution in [1.82, 2.24) is 0 Å². The normalized spacial score (nSPS) is 10.6. The molecule has 0 spiro atoms. The molecule has 3 rings (SSSR count). The molecule has 1 heteroatoms. The van der Waals surface area contributed by atoms with Gasteiger partial charge in [0.1, 0.15) is 0 Å². The van der Waals surface area contributed by atoms with Gasteiger partial charge in [-0.3, -0.25) is 0 Å². The second-order valence-corrected chi connectivity index (χ2v) is 6.02. The molecule has 21 heavy (non-hydrogen) atoms. The van der Waals surface area contributed by atoms with Crippen LogP contribution in [-0.4, -0.2) is 6.26 Å². The van der Waals surface area contributed by atoms with Crippen molar-refractivity contribution in [3.8, 4) is 22.3 Å². The highest BCUT2D eigenvalue weighted by molar-refractivity contribution is 7.98. The number of benzene rings is 3. The summed E-state index contributed by atoms with van der Waals surface area (Å²) in [6.07, 6.45) is 2.11. The minimum Gasteiger partial charge on any atom is -0.130 e. The molecule has 0 fully saturated rings. The predicted octanol–water partition coefficient (Wildman–Crippen LogP) is 6.05. The van der Waals surface area contributed by atoms with Crippen molar-refractivity contribution in [3.63, 3.8) is 0 Å². The SMILES string of the molecule is CSc1ccc(-c2cc(C)ccc2-c2ccccc2)cc1. The summed E-state index contributed by atoms with van der Waals surface area (Å²) in [5.41, 5.74) is 6.42. The smallest absolute Gasteiger partial charge is 0.00695 e. The summed E-state index contributed by atoms with van der Waals surface area (Å²) in [5, 5.41) is 0. The minimum atomic E-state index is 1.27. The lowest BCUT2D eigenvalue weighted by Crippen LogP contribution is -1.87. The van der Waals surface area contributed by atoms with Crippen molar-refractivity contribution in [3.05, 3.63) is 78.4 Å². The average Bonchev–Trinajstić information content (AvgIpc) is 2.56. The van der Waals surface area contributed by atoms with E-state index >= 15 is 0 Å². The number of rotatable bonds is 3. The fourth-order valence-electron chi connectivity index (χ4n) is 2.54. The first-order chi connectivity index (χ1) is 10.3. The Kier molecular flexibility index (Phi) is 4.12. The molecule has 0 heterocycles. The van der Waals surface area contributed by atoms with E-state index in [9.17, 15) is 0 Å². The van der Waals surface area contributed by atoms with Crippen LogP contribution in [0.15, 0.2) is 77.7 Å². The fraction of sp³-hybridized carbons (Fsp3) is 0.100. The first kappa shape index (κ1) is 14.0. The zero-order chi connectivity index (χ0) is 14.7. The molecule has 0 aliphatic carbocycles. The molecular weight excluding hydrogens is 272 g/mol. The topological polar surface area (TPSA) is 0 Å². The monoisotopic (exact) mass is 290 g/mol. The maximum Gasteiger partial charge on any atom is 0.00695 e. The fourth-order valence-corrected chi connectivity index (χ4v) is 2.95. The maximum atomic E-state index is 2.27. The molecule has 0 aromatic heterocycles. The van der Waals surface area contributed by atoms with Gasteiger partial charge in [-0.15, -0.1) is 11.8 Å². The first-order valence-corrected chi connectivity index (χ1v) is 8.31. The summed E-state index contributed by atoms with van der Waals surface area (Å²) in [5.74, 6) is 0. The highest BCUT2D eigenvalue weighted by Crippen LogP contribution is 2.33. The van der Waals surface area contributed by atoms with Gasteiger partial charge >= 0.3 is 0 Å². The molecule has 0 saturated carbocycles. The van der Waals surface area contributed by atoms with Gasteiger partial charge in [-0.25, -0.2) is 0 Å². The van der Waals surface area contributed by atoms with Crippen LogP contribution in [-0.2, 0) is 0 Å². The summed E-state index contributed by atoms with van der Waals surface area (Å²) >= 11 is 1.78. The van der Waals surface area contributed by atoms with Crippen LogP contribution < -0.4 is 0 Å². The Labute approximate surface area is 130 Å². The van der Waals surface area contributed by atoms with Gasteiger partial charge in [-0.1, -0.05) is 66.2 Å². The number of hydrogen-bond donors (Lipinski definition) is 0. The molecule has 0 nitrogen and oxygen atoms in total. The van der Waals surface area contributed by atoms with Crippen LogP contribution in [0.2, 0.25) is 0 Å². The lowest BCUT2D eigenvalue weighted by Gasteiger charge is -2.12. The Morgan fingerprint density at radius 3 is 2.00 bits per heavy atom. The molecule has 0 amide bonds. The molecule has 0 unspecified atom stereocenters. The van der Waals surface area contributed by atoms with Crippen molar-refractivity contribution in [2.24, 2.45) is 0 Å². The summed E-state index contributed by atoms with van der Waals surface area (Å²) in [6, 6.07) is 26.1. The lowest BCUT2D eigenvalue weighted by molar-refractivity contribution is 1.43. The Balaban J connectivity index is 2.14. The zero-order valence-electron chi connectivity index (χ0n) is 12.3. The average molecular weight is 290 g/mol. The first-order valence-electron chi connectivity index (χ1n) is 7.08. The van der Waals surface area contributed by atoms with Gasteiger partial charge in [0.15, 0.2) is 0 Å². The highest BCUT2D eigenvalue weighted by atomic mass is 32.2. The third kappa shape index (κ3) is 3.03. The standard InChI is InChI=1S/C20H18S/c1-15-8-13-19(16-6-4-3-5-7-16)20(14-15)17-9-11-18(21-2)12-10-17/h3-14H,1-2H3. The Hall–Kier alpha value is -1.99.